The standard InChI is InChI=1S/C28H26FNO4/c1-17(2)16-34-22-13-11-19(12-14-22)26(31)24-25(23-10-5-4-7-18(23)3)30(28(33)27(24)32)21-9-6-8-20(29)15-21/h4-15,17,25,31H,16H2,1-3H3/b26-24+. The predicted octanol–water partition coefficient (Wildman–Crippen LogP) is 5.80. The minimum atomic E-state index is -0.903. The number of ether oxygens (including phenoxy) is 1. The third-order valence-electron chi connectivity index (χ3n) is 5.72. The fourth-order valence-corrected chi connectivity index (χ4v) is 4.04. The van der Waals surface area contributed by atoms with E-state index in [9.17, 15) is 19.1 Å². The average molecular weight is 460 g/mol. The Labute approximate surface area is 198 Å². The minimum Gasteiger partial charge on any atom is -0.507 e. The third-order valence-corrected chi connectivity index (χ3v) is 5.72. The molecule has 174 valence electrons. The molecule has 3 aromatic carbocycles. The molecule has 0 radical (unpaired) electrons. The first-order valence-electron chi connectivity index (χ1n) is 11.1. The van der Waals surface area contributed by atoms with Crippen LogP contribution in [0.2, 0.25) is 0 Å². The van der Waals surface area contributed by atoms with E-state index in [-0.39, 0.29) is 17.0 Å². The molecule has 0 bridgehead atoms. The summed E-state index contributed by atoms with van der Waals surface area (Å²) in [5, 5.41) is 11.2. The molecule has 1 saturated heterocycles. The Bertz CT molecular complexity index is 1260. The maximum absolute atomic E-state index is 14.0. The van der Waals surface area contributed by atoms with Crippen LogP contribution >= 0.6 is 0 Å². The quantitative estimate of drug-likeness (QED) is 0.288. The summed E-state index contributed by atoms with van der Waals surface area (Å²) in [6.45, 7) is 6.51. The lowest BCUT2D eigenvalue weighted by atomic mass is 9.92. The molecular weight excluding hydrogens is 433 g/mol. The molecule has 0 aromatic heterocycles. The van der Waals surface area contributed by atoms with E-state index >= 15 is 0 Å². The van der Waals surface area contributed by atoms with E-state index in [2.05, 4.69) is 0 Å². The highest BCUT2D eigenvalue weighted by atomic mass is 19.1. The van der Waals surface area contributed by atoms with Gasteiger partial charge in [0.15, 0.2) is 0 Å². The molecule has 3 aromatic rings. The van der Waals surface area contributed by atoms with Crippen LogP contribution in [0.25, 0.3) is 5.76 Å². The van der Waals surface area contributed by atoms with Gasteiger partial charge in [0.05, 0.1) is 18.2 Å². The van der Waals surface area contributed by atoms with Gasteiger partial charge in [-0.15, -0.1) is 0 Å². The number of benzene rings is 3. The van der Waals surface area contributed by atoms with E-state index in [1.54, 1.807) is 42.5 Å². The molecule has 0 saturated carbocycles. The van der Waals surface area contributed by atoms with Crippen LogP contribution in [0.5, 0.6) is 5.75 Å². The average Bonchev–Trinajstić information content (AvgIpc) is 3.08. The van der Waals surface area contributed by atoms with Crippen molar-refractivity contribution in [3.05, 3.63) is 101 Å². The lowest BCUT2D eigenvalue weighted by Crippen LogP contribution is -2.29. The smallest absolute Gasteiger partial charge is 0.300 e. The number of aryl methyl sites for hydroxylation is 1. The number of rotatable bonds is 6. The van der Waals surface area contributed by atoms with Crippen molar-refractivity contribution >= 4 is 23.1 Å². The summed E-state index contributed by atoms with van der Waals surface area (Å²) >= 11 is 0. The summed E-state index contributed by atoms with van der Waals surface area (Å²) in [6.07, 6.45) is 0. The zero-order chi connectivity index (χ0) is 24.4. The summed E-state index contributed by atoms with van der Waals surface area (Å²) in [5.74, 6) is -1.46. The first-order chi connectivity index (χ1) is 16.3. The van der Waals surface area contributed by atoms with Crippen molar-refractivity contribution in [2.45, 2.75) is 26.8 Å². The summed E-state index contributed by atoms with van der Waals surface area (Å²) in [5.41, 5.74) is 2.09. The number of nitrogens with zero attached hydrogens (tertiary/aromatic N) is 1. The van der Waals surface area contributed by atoms with Gasteiger partial charge in [0.1, 0.15) is 17.3 Å². The van der Waals surface area contributed by atoms with Gasteiger partial charge < -0.3 is 9.84 Å². The molecule has 1 amide bonds. The molecule has 1 fully saturated rings. The van der Waals surface area contributed by atoms with Crippen LogP contribution in [0.15, 0.2) is 78.4 Å². The highest BCUT2D eigenvalue weighted by Crippen LogP contribution is 2.43. The summed E-state index contributed by atoms with van der Waals surface area (Å²) < 4.78 is 19.7. The molecule has 1 heterocycles. The van der Waals surface area contributed by atoms with E-state index in [4.69, 9.17) is 4.74 Å². The lowest BCUT2D eigenvalue weighted by Gasteiger charge is -2.26. The number of aliphatic hydroxyl groups excluding tert-OH is 1. The molecule has 6 heteroatoms. The number of ketones is 1. The van der Waals surface area contributed by atoms with Crippen LogP contribution in [0.3, 0.4) is 0 Å². The second-order valence-corrected chi connectivity index (χ2v) is 8.73. The number of aliphatic hydroxyl groups is 1. The number of hydrogen-bond acceptors (Lipinski definition) is 4. The fraction of sp³-hybridized carbons (Fsp3) is 0.214. The Balaban J connectivity index is 1.84. The van der Waals surface area contributed by atoms with Crippen LogP contribution < -0.4 is 9.64 Å². The van der Waals surface area contributed by atoms with Gasteiger partial charge in [-0.1, -0.05) is 44.2 Å². The van der Waals surface area contributed by atoms with E-state index in [0.29, 0.717) is 29.4 Å². The molecule has 5 nitrogen and oxygen atoms in total. The first kappa shape index (κ1) is 23.2. The maximum atomic E-state index is 14.0. The largest absolute Gasteiger partial charge is 0.507 e. The van der Waals surface area contributed by atoms with Gasteiger partial charge in [0.2, 0.25) is 0 Å². The van der Waals surface area contributed by atoms with Crippen molar-refractivity contribution in [3.63, 3.8) is 0 Å². The molecule has 34 heavy (non-hydrogen) atoms. The van der Waals surface area contributed by atoms with Crippen molar-refractivity contribution in [3.8, 4) is 5.75 Å². The summed E-state index contributed by atoms with van der Waals surface area (Å²) in [4.78, 5) is 27.6. The monoisotopic (exact) mass is 459 g/mol. The van der Waals surface area contributed by atoms with Crippen LogP contribution in [0, 0.1) is 18.7 Å². The molecular formula is C28H26FNO4. The maximum Gasteiger partial charge on any atom is 0.300 e. The molecule has 1 atom stereocenters. The van der Waals surface area contributed by atoms with Crippen LogP contribution in [-0.2, 0) is 9.59 Å². The minimum absolute atomic E-state index is 0.0422. The molecule has 0 spiro atoms. The van der Waals surface area contributed by atoms with Gasteiger partial charge in [0, 0.05) is 11.3 Å². The van der Waals surface area contributed by atoms with Gasteiger partial charge in [0.25, 0.3) is 11.7 Å². The number of amides is 1. The number of hydrogen-bond donors (Lipinski definition) is 1. The molecule has 0 aliphatic carbocycles. The Morgan fingerprint density at radius 3 is 2.38 bits per heavy atom. The topological polar surface area (TPSA) is 66.8 Å². The molecule has 1 aliphatic rings. The second kappa shape index (κ2) is 9.51. The summed E-state index contributed by atoms with van der Waals surface area (Å²) in [7, 11) is 0. The predicted molar refractivity (Wildman–Crippen MR) is 129 cm³/mol. The van der Waals surface area contributed by atoms with Gasteiger partial charge in [-0.25, -0.2) is 4.39 Å². The van der Waals surface area contributed by atoms with Crippen molar-refractivity contribution in [2.75, 3.05) is 11.5 Å². The normalized spacial score (nSPS) is 17.4. The highest BCUT2D eigenvalue weighted by Gasteiger charge is 2.47. The third kappa shape index (κ3) is 4.44. The van der Waals surface area contributed by atoms with Crippen molar-refractivity contribution in [2.24, 2.45) is 5.92 Å². The molecule has 1 aliphatic heterocycles. The van der Waals surface area contributed by atoms with Gasteiger partial charge in [-0.05, 0) is 66.4 Å². The second-order valence-electron chi connectivity index (χ2n) is 8.73. The Morgan fingerprint density at radius 2 is 1.74 bits per heavy atom. The number of anilines is 1. The lowest BCUT2D eigenvalue weighted by molar-refractivity contribution is -0.132. The van der Waals surface area contributed by atoms with Crippen LogP contribution in [0.1, 0.15) is 36.6 Å². The zero-order valence-electron chi connectivity index (χ0n) is 19.3. The van der Waals surface area contributed by atoms with Gasteiger partial charge in [-0.3, -0.25) is 14.5 Å². The number of halogens is 1. The molecule has 4 rings (SSSR count). The zero-order valence-corrected chi connectivity index (χ0v) is 19.3. The Kier molecular flexibility index (Phi) is 6.50. The van der Waals surface area contributed by atoms with E-state index in [0.717, 1.165) is 5.56 Å². The number of Topliss-reactive ketones (excluding diaryl/α,β-unsaturated/α-hetero) is 1. The van der Waals surface area contributed by atoms with Crippen LogP contribution in [0.4, 0.5) is 10.1 Å². The first-order valence-corrected chi connectivity index (χ1v) is 11.1. The SMILES string of the molecule is Cc1ccccc1C1/C(=C(\O)c2ccc(OCC(C)C)cc2)C(=O)C(=O)N1c1cccc(F)c1. The van der Waals surface area contributed by atoms with Crippen molar-refractivity contribution in [1.82, 2.24) is 0 Å². The van der Waals surface area contributed by atoms with E-state index in [1.165, 1.54) is 23.1 Å². The number of carbonyl (C=O) groups is 2. The molecule has 1 N–H and O–H groups in total. The van der Waals surface area contributed by atoms with Gasteiger partial charge in [-0.2, -0.15) is 0 Å². The fourth-order valence-electron chi connectivity index (χ4n) is 4.04. The molecule has 1 unspecified atom stereocenters. The Hall–Kier alpha value is -3.93. The summed E-state index contributed by atoms with van der Waals surface area (Å²) in [6, 6.07) is 18.7. The van der Waals surface area contributed by atoms with Crippen LogP contribution in [-0.4, -0.2) is 23.4 Å². The van der Waals surface area contributed by atoms with Crippen molar-refractivity contribution in [1.29, 1.82) is 0 Å². The van der Waals surface area contributed by atoms with Crippen molar-refractivity contribution < 1.29 is 23.8 Å². The number of carbonyl (C=O) groups excluding carboxylic acids is 2. The van der Waals surface area contributed by atoms with E-state index in [1.807, 2.05) is 32.9 Å². The van der Waals surface area contributed by atoms with Gasteiger partial charge >= 0.3 is 0 Å². The van der Waals surface area contributed by atoms with E-state index < -0.39 is 23.5 Å². The highest BCUT2D eigenvalue weighted by molar-refractivity contribution is 6.51. The Morgan fingerprint density at radius 1 is 1.03 bits per heavy atom.